The van der Waals surface area contributed by atoms with E-state index in [1.54, 1.807) is 6.92 Å². The van der Waals surface area contributed by atoms with Crippen molar-refractivity contribution >= 4 is 11.7 Å². The predicted molar refractivity (Wildman–Crippen MR) is 72.5 cm³/mol. The second kappa shape index (κ2) is 5.90. The molecular formula is C14H15F2N3O2. The van der Waals surface area contributed by atoms with Crippen LogP contribution in [-0.2, 0) is 17.9 Å². The largest absolute Gasteiger partial charge is 0.456 e. The molecule has 2 rings (SSSR count). The number of anilines is 1. The fraction of sp³-hybridized carbons (Fsp3) is 0.286. The first-order valence-corrected chi connectivity index (χ1v) is 6.38. The lowest BCUT2D eigenvalue weighted by atomic mass is 10.2. The number of halogens is 2. The zero-order valence-corrected chi connectivity index (χ0v) is 11.7. The van der Waals surface area contributed by atoms with E-state index >= 15 is 0 Å². The maximum atomic E-state index is 13.1. The van der Waals surface area contributed by atoms with Gasteiger partial charge in [-0.1, -0.05) is 6.07 Å². The summed E-state index contributed by atoms with van der Waals surface area (Å²) in [6.45, 7) is 3.79. The molecule has 0 aliphatic heterocycles. The minimum atomic E-state index is -0.988. The highest BCUT2D eigenvalue weighted by molar-refractivity contribution is 5.93. The highest BCUT2D eigenvalue weighted by Gasteiger charge is 2.20. The summed E-state index contributed by atoms with van der Waals surface area (Å²) in [4.78, 5) is 12.1. The van der Waals surface area contributed by atoms with Gasteiger partial charge in [-0.15, -0.1) is 0 Å². The van der Waals surface area contributed by atoms with E-state index in [-0.39, 0.29) is 18.0 Å². The summed E-state index contributed by atoms with van der Waals surface area (Å²) < 4.78 is 32.4. The number of nitrogens with zero attached hydrogens (tertiary/aromatic N) is 2. The van der Waals surface area contributed by atoms with Crippen LogP contribution in [0.25, 0.3) is 0 Å². The van der Waals surface area contributed by atoms with Gasteiger partial charge in [-0.25, -0.2) is 13.6 Å². The van der Waals surface area contributed by atoms with Crippen LogP contribution in [0.1, 0.15) is 28.7 Å². The van der Waals surface area contributed by atoms with Crippen molar-refractivity contribution in [2.45, 2.75) is 27.0 Å². The van der Waals surface area contributed by atoms with Crippen LogP contribution in [0.5, 0.6) is 0 Å². The second-order valence-corrected chi connectivity index (χ2v) is 4.49. The highest BCUT2D eigenvalue weighted by atomic mass is 19.2. The first kappa shape index (κ1) is 15.0. The topological polar surface area (TPSA) is 70.1 Å². The minimum Gasteiger partial charge on any atom is -0.456 e. The van der Waals surface area contributed by atoms with Gasteiger partial charge < -0.3 is 10.5 Å². The molecule has 7 heteroatoms. The molecule has 0 unspecified atom stereocenters. The lowest BCUT2D eigenvalue weighted by Gasteiger charge is -2.07. The Labute approximate surface area is 120 Å². The number of aromatic nitrogens is 2. The number of benzene rings is 1. The van der Waals surface area contributed by atoms with Crippen LogP contribution in [-0.4, -0.2) is 15.7 Å². The van der Waals surface area contributed by atoms with Gasteiger partial charge in [0.2, 0.25) is 0 Å². The number of carbonyl (C=O) groups is 1. The van der Waals surface area contributed by atoms with Gasteiger partial charge in [0, 0.05) is 6.54 Å². The third-order valence-corrected chi connectivity index (χ3v) is 3.02. The molecule has 5 nitrogen and oxygen atoms in total. The van der Waals surface area contributed by atoms with Gasteiger partial charge >= 0.3 is 5.97 Å². The molecule has 0 saturated carbocycles. The molecule has 0 saturated heterocycles. The summed E-state index contributed by atoms with van der Waals surface area (Å²) in [5.74, 6) is -2.59. The zero-order chi connectivity index (χ0) is 15.6. The summed E-state index contributed by atoms with van der Waals surface area (Å²) >= 11 is 0. The molecule has 1 aromatic heterocycles. The molecule has 21 heavy (non-hydrogen) atoms. The van der Waals surface area contributed by atoms with E-state index in [1.165, 1.54) is 10.7 Å². The Morgan fingerprint density at radius 1 is 1.38 bits per heavy atom. The summed E-state index contributed by atoms with van der Waals surface area (Å²) in [7, 11) is 0. The van der Waals surface area contributed by atoms with E-state index in [0.717, 1.165) is 12.1 Å². The van der Waals surface area contributed by atoms with Crippen molar-refractivity contribution in [3.05, 3.63) is 46.8 Å². The molecule has 0 amide bonds. The number of nitrogen functional groups attached to an aromatic ring is 1. The summed E-state index contributed by atoms with van der Waals surface area (Å²) in [6, 6.07) is 3.30. The van der Waals surface area contributed by atoms with E-state index in [0.29, 0.717) is 17.8 Å². The fourth-order valence-electron chi connectivity index (χ4n) is 1.89. The van der Waals surface area contributed by atoms with E-state index in [2.05, 4.69) is 5.10 Å². The smallest absolute Gasteiger partial charge is 0.359 e. The van der Waals surface area contributed by atoms with Crippen molar-refractivity contribution in [1.82, 2.24) is 9.78 Å². The number of aryl methyl sites for hydroxylation is 2. The minimum absolute atomic E-state index is 0.164. The summed E-state index contributed by atoms with van der Waals surface area (Å²) in [5, 5.41) is 4.11. The van der Waals surface area contributed by atoms with Crippen molar-refractivity contribution < 1.29 is 18.3 Å². The van der Waals surface area contributed by atoms with Gasteiger partial charge in [-0.3, -0.25) is 4.68 Å². The molecule has 0 aliphatic carbocycles. The Morgan fingerprint density at radius 2 is 2.10 bits per heavy atom. The van der Waals surface area contributed by atoms with Gasteiger partial charge in [-0.05, 0) is 31.5 Å². The SMILES string of the molecule is CCn1nc(C)c(N)c1C(=O)OCc1ccc(F)c(F)c1. The van der Waals surface area contributed by atoms with Gasteiger partial charge in [0.25, 0.3) is 0 Å². The molecule has 0 atom stereocenters. The molecule has 0 bridgehead atoms. The van der Waals surface area contributed by atoms with Crippen molar-refractivity contribution in [3.8, 4) is 0 Å². The lowest BCUT2D eigenvalue weighted by Crippen LogP contribution is -2.14. The van der Waals surface area contributed by atoms with Crippen LogP contribution in [0.4, 0.5) is 14.5 Å². The predicted octanol–water partition coefficient (Wildman–Crippen LogP) is 2.43. The molecule has 2 aromatic rings. The van der Waals surface area contributed by atoms with Crippen molar-refractivity contribution in [2.24, 2.45) is 0 Å². The number of esters is 1. The summed E-state index contributed by atoms with van der Waals surface area (Å²) in [5.41, 5.74) is 7.11. The number of carbonyl (C=O) groups excluding carboxylic acids is 1. The van der Waals surface area contributed by atoms with Gasteiger partial charge in [0.05, 0.1) is 11.4 Å². The maximum Gasteiger partial charge on any atom is 0.359 e. The van der Waals surface area contributed by atoms with Crippen LogP contribution in [0, 0.1) is 18.6 Å². The van der Waals surface area contributed by atoms with Crippen molar-refractivity contribution in [2.75, 3.05) is 5.73 Å². The van der Waals surface area contributed by atoms with Crippen LogP contribution in [0.2, 0.25) is 0 Å². The Morgan fingerprint density at radius 3 is 2.71 bits per heavy atom. The van der Waals surface area contributed by atoms with Gasteiger partial charge in [-0.2, -0.15) is 5.10 Å². The highest BCUT2D eigenvalue weighted by Crippen LogP contribution is 2.18. The van der Waals surface area contributed by atoms with Crippen LogP contribution < -0.4 is 5.73 Å². The standard InChI is InChI=1S/C14H15F2N3O2/c1-3-19-13(12(17)8(2)18-19)14(20)21-7-9-4-5-10(15)11(16)6-9/h4-6H,3,7,17H2,1-2H3. The quantitative estimate of drug-likeness (QED) is 0.879. The average molecular weight is 295 g/mol. The molecule has 0 fully saturated rings. The molecule has 0 spiro atoms. The Balaban J connectivity index is 2.13. The molecule has 0 radical (unpaired) electrons. The second-order valence-electron chi connectivity index (χ2n) is 4.49. The number of ether oxygens (including phenoxy) is 1. The van der Waals surface area contributed by atoms with Crippen molar-refractivity contribution in [3.63, 3.8) is 0 Å². The molecule has 2 N–H and O–H groups in total. The van der Waals surface area contributed by atoms with Crippen molar-refractivity contribution in [1.29, 1.82) is 0 Å². The molecule has 1 heterocycles. The van der Waals surface area contributed by atoms with E-state index in [4.69, 9.17) is 10.5 Å². The third-order valence-electron chi connectivity index (χ3n) is 3.02. The number of hydrogen-bond donors (Lipinski definition) is 1. The molecule has 0 aliphatic rings. The Bertz CT molecular complexity index is 683. The van der Waals surface area contributed by atoms with E-state index in [1.807, 2.05) is 6.92 Å². The average Bonchev–Trinajstić information content (AvgIpc) is 2.75. The van der Waals surface area contributed by atoms with Crippen LogP contribution in [0.3, 0.4) is 0 Å². The normalized spacial score (nSPS) is 10.7. The number of nitrogens with two attached hydrogens (primary N) is 1. The number of rotatable bonds is 4. The maximum absolute atomic E-state index is 13.1. The monoisotopic (exact) mass is 295 g/mol. The van der Waals surface area contributed by atoms with Gasteiger partial charge in [0.15, 0.2) is 17.3 Å². The molecule has 112 valence electrons. The van der Waals surface area contributed by atoms with E-state index < -0.39 is 17.6 Å². The Kier molecular flexibility index (Phi) is 4.21. The fourth-order valence-corrected chi connectivity index (χ4v) is 1.89. The zero-order valence-electron chi connectivity index (χ0n) is 11.7. The Hall–Kier alpha value is -2.44. The third kappa shape index (κ3) is 3.01. The van der Waals surface area contributed by atoms with E-state index in [9.17, 15) is 13.6 Å². The first-order chi connectivity index (χ1) is 9.93. The van der Waals surface area contributed by atoms with Gasteiger partial charge in [0.1, 0.15) is 6.61 Å². The lowest BCUT2D eigenvalue weighted by molar-refractivity contribution is 0.0459. The first-order valence-electron chi connectivity index (χ1n) is 6.38. The number of hydrogen-bond acceptors (Lipinski definition) is 4. The molecule has 1 aromatic carbocycles. The molecular weight excluding hydrogens is 280 g/mol. The summed E-state index contributed by atoms with van der Waals surface area (Å²) in [6.07, 6.45) is 0. The van der Waals surface area contributed by atoms with Crippen LogP contribution in [0.15, 0.2) is 18.2 Å². The van der Waals surface area contributed by atoms with Crippen LogP contribution >= 0.6 is 0 Å².